The van der Waals surface area contributed by atoms with Gasteiger partial charge in [0, 0.05) is 54.7 Å². The molecule has 2 aromatic heterocycles. The van der Waals surface area contributed by atoms with E-state index in [0.717, 1.165) is 40.8 Å². The topological polar surface area (TPSA) is 131 Å². The lowest BCUT2D eigenvalue weighted by Crippen LogP contribution is -2.55. The van der Waals surface area contributed by atoms with E-state index in [1.54, 1.807) is 12.1 Å². The number of anilines is 1. The Bertz CT molecular complexity index is 1110. The van der Waals surface area contributed by atoms with E-state index < -0.39 is 8.25 Å². The summed E-state index contributed by atoms with van der Waals surface area (Å²) in [6, 6.07) is 6.40. The first-order valence-electron chi connectivity index (χ1n) is 13.1. The van der Waals surface area contributed by atoms with Crippen LogP contribution in [0.4, 0.5) is 5.69 Å². The van der Waals surface area contributed by atoms with E-state index in [9.17, 15) is 15.0 Å². The predicted molar refractivity (Wildman–Crippen MR) is 150 cm³/mol. The van der Waals surface area contributed by atoms with Gasteiger partial charge in [-0.2, -0.15) is 23.5 Å². The lowest BCUT2D eigenvalue weighted by atomic mass is 10.0. The quantitative estimate of drug-likeness (QED) is 0.296. The maximum atomic E-state index is 13.6. The van der Waals surface area contributed by atoms with Crippen LogP contribution in [0.25, 0.3) is 0 Å². The lowest BCUT2D eigenvalue weighted by Gasteiger charge is -2.51. The first-order chi connectivity index (χ1) is 18.4. The molecule has 2 N–H and O–H groups in total. The summed E-state index contributed by atoms with van der Waals surface area (Å²) in [5, 5.41) is 33.8. The Kier molecular flexibility index (Phi) is 7.80. The second kappa shape index (κ2) is 11.1. The zero-order valence-corrected chi connectivity index (χ0v) is 23.7. The third-order valence-electron chi connectivity index (χ3n) is 7.87. The maximum Gasteiger partial charge on any atom is 0.421 e. The van der Waals surface area contributed by atoms with Gasteiger partial charge in [0.15, 0.2) is 0 Å². The van der Waals surface area contributed by atoms with E-state index in [0.29, 0.717) is 57.1 Å². The summed E-state index contributed by atoms with van der Waals surface area (Å²) in [5.74, 6) is 3.69. The normalized spacial score (nSPS) is 26.8. The van der Waals surface area contributed by atoms with Crippen LogP contribution in [-0.2, 0) is 11.1 Å². The molecule has 2 fully saturated rings. The van der Waals surface area contributed by atoms with E-state index >= 15 is 0 Å². The van der Waals surface area contributed by atoms with Gasteiger partial charge in [0.1, 0.15) is 23.5 Å². The molecule has 0 aromatic carbocycles. The number of aromatic nitrogens is 2. The van der Waals surface area contributed by atoms with Gasteiger partial charge >= 0.3 is 8.25 Å². The minimum atomic E-state index is -3.04. The van der Waals surface area contributed by atoms with Gasteiger partial charge in [-0.3, -0.25) is 0 Å². The molecule has 0 bridgehead atoms. The van der Waals surface area contributed by atoms with E-state index in [1.165, 1.54) is 0 Å². The zero-order chi connectivity index (χ0) is 26.2. The Morgan fingerprint density at radius 2 is 1.47 bits per heavy atom. The van der Waals surface area contributed by atoms with Crippen molar-refractivity contribution in [3.63, 3.8) is 0 Å². The average Bonchev–Trinajstić information content (AvgIpc) is 2.93. The highest BCUT2D eigenvalue weighted by atomic mass is 32.2. The minimum Gasteiger partial charge on any atom is -0.632 e. The molecule has 11 nitrogen and oxygen atoms in total. The SMILES string of the molecule is O=[PH](Oc1ccc2c(n1)C([N+]1([O-])CCSCC1)CNC2)Oc1ccc2c(n1)C([N+]1([O-])CCSCC1)CCN2. The van der Waals surface area contributed by atoms with Gasteiger partial charge in [-0.25, -0.2) is 14.5 Å². The molecule has 3 atom stereocenters. The molecule has 3 unspecified atom stereocenters. The van der Waals surface area contributed by atoms with Crippen molar-refractivity contribution in [1.82, 2.24) is 15.3 Å². The average molecular weight is 581 g/mol. The fraction of sp³-hybridized carbons (Fsp3) is 0.583. The number of pyridine rings is 2. The standard InChI is InChI=1S/C24H33N6O5PS2/c31-29(7-11-37-12-8-29)19-5-6-26-18-2-4-22(28-24(18)19)35-36(33)34-21-3-1-17-15-25-16-20(23(17)27-21)30(32)9-13-38-14-10-30/h1-4,19-20,25-26,36H,5-16H2. The number of hydrogen-bond acceptors (Lipinski definition) is 11. The second-order valence-corrected chi connectivity index (χ2v) is 13.5. The number of rotatable bonds is 6. The molecular weight excluding hydrogens is 547 g/mol. The number of nitrogens with one attached hydrogen (secondary N) is 2. The molecular formula is C24H33N6O5PS2. The van der Waals surface area contributed by atoms with Crippen molar-refractivity contribution in [2.45, 2.75) is 25.0 Å². The molecule has 206 valence electrons. The van der Waals surface area contributed by atoms with Crippen molar-refractivity contribution in [3.05, 3.63) is 51.6 Å². The molecule has 0 saturated carbocycles. The summed E-state index contributed by atoms with van der Waals surface area (Å²) in [6.07, 6.45) is 0.691. The van der Waals surface area contributed by atoms with E-state index in [2.05, 4.69) is 20.6 Å². The Morgan fingerprint density at radius 1 is 0.868 bits per heavy atom. The zero-order valence-electron chi connectivity index (χ0n) is 21.1. The summed E-state index contributed by atoms with van der Waals surface area (Å²) in [6.45, 7) is 4.11. The highest BCUT2D eigenvalue weighted by molar-refractivity contribution is 7.99. The van der Waals surface area contributed by atoms with Crippen LogP contribution in [0.5, 0.6) is 11.8 Å². The van der Waals surface area contributed by atoms with Crippen LogP contribution in [0.2, 0.25) is 0 Å². The first kappa shape index (κ1) is 26.6. The van der Waals surface area contributed by atoms with Gasteiger partial charge in [0.05, 0.1) is 38.4 Å². The molecule has 6 rings (SSSR count). The molecule has 0 radical (unpaired) electrons. The van der Waals surface area contributed by atoms with Crippen LogP contribution in [-0.4, -0.2) is 81.5 Å². The van der Waals surface area contributed by atoms with Gasteiger partial charge in [0.2, 0.25) is 11.8 Å². The molecule has 38 heavy (non-hydrogen) atoms. The van der Waals surface area contributed by atoms with Crippen LogP contribution >= 0.6 is 31.8 Å². The van der Waals surface area contributed by atoms with Crippen LogP contribution in [0.3, 0.4) is 0 Å². The van der Waals surface area contributed by atoms with Crippen molar-refractivity contribution in [2.75, 3.05) is 67.6 Å². The van der Waals surface area contributed by atoms with Crippen molar-refractivity contribution in [1.29, 1.82) is 0 Å². The van der Waals surface area contributed by atoms with E-state index in [4.69, 9.17) is 9.05 Å². The fourth-order valence-corrected chi connectivity index (χ4v) is 8.55. The Morgan fingerprint density at radius 3 is 2.16 bits per heavy atom. The van der Waals surface area contributed by atoms with Crippen molar-refractivity contribution >= 4 is 37.5 Å². The molecule has 0 spiro atoms. The van der Waals surface area contributed by atoms with E-state index in [-0.39, 0.29) is 33.1 Å². The smallest absolute Gasteiger partial charge is 0.421 e. The number of thioether (sulfide) groups is 2. The third kappa shape index (κ3) is 5.40. The van der Waals surface area contributed by atoms with Crippen LogP contribution in [0.1, 0.15) is 35.5 Å². The molecule has 0 aliphatic carbocycles. The van der Waals surface area contributed by atoms with Crippen molar-refractivity contribution in [3.8, 4) is 11.8 Å². The number of fused-ring (bicyclic) bond motifs is 2. The molecule has 0 amide bonds. The van der Waals surface area contributed by atoms with Crippen molar-refractivity contribution < 1.29 is 22.9 Å². The van der Waals surface area contributed by atoms with Gasteiger partial charge in [-0.1, -0.05) is 6.07 Å². The molecule has 4 aliphatic rings. The molecule has 2 aromatic rings. The molecule has 6 heterocycles. The van der Waals surface area contributed by atoms with Gasteiger partial charge in [0.25, 0.3) is 0 Å². The van der Waals surface area contributed by atoms with Gasteiger partial charge in [-0.15, -0.1) is 0 Å². The summed E-state index contributed by atoms with van der Waals surface area (Å²) < 4.78 is 23.5. The number of nitrogens with zero attached hydrogens (tertiary/aromatic N) is 4. The van der Waals surface area contributed by atoms with Crippen molar-refractivity contribution in [2.24, 2.45) is 0 Å². The van der Waals surface area contributed by atoms with Gasteiger partial charge in [-0.05, 0) is 11.6 Å². The number of hydroxylamine groups is 6. The predicted octanol–water partition coefficient (Wildman–Crippen LogP) is 3.45. The van der Waals surface area contributed by atoms with Crippen LogP contribution in [0.15, 0.2) is 24.3 Å². The lowest BCUT2D eigenvalue weighted by molar-refractivity contribution is -0.908. The monoisotopic (exact) mass is 580 g/mol. The summed E-state index contributed by atoms with van der Waals surface area (Å²) in [4.78, 5) is 9.25. The minimum absolute atomic E-state index is 0.161. The third-order valence-corrected chi connectivity index (χ3v) is 10.5. The summed E-state index contributed by atoms with van der Waals surface area (Å²) in [5.41, 5.74) is 3.16. The molecule has 14 heteroatoms. The largest absolute Gasteiger partial charge is 0.632 e. The Hall–Kier alpha value is -1.57. The summed E-state index contributed by atoms with van der Waals surface area (Å²) in [7, 11) is -3.04. The number of quaternary nitrogens is 2. The maximum absolute atomic E-state index is 13.6. The Balaban J connectivity index is 1.18. The fourth-order valence-electron chi connectivity index (χ4n) is 5.78. The molecule has 2 saturated heterocycles. The molecule has 4 aliphatic heterocycles. The van der Waals surface area contributed by atoms with E-state index in [1.807, 2.05) is 35.7 Å². The highest BCUT2D eigenvalue weighted by Gasteiger charge is 2.38. The first-order valence-corrected chi connectivity index (χ1v) is 16.6. The van der Waals surface area contributed by atoms with Crippen LogP contribution < -0.4 is 19.7 Å². The van der Waals surface area contributed by atoms with Crippen LogP contribution in [0, 0.1) is 10.4 Å². The highest BCUT2D eigenvalue weighted by Crippen LogP contribution is 2.41. The Labute approximate surface area is 231 Å². The summed E-state index contributed by atoms with van der Waals surface area (Å²) >= 11 is 3.62. The number of hydrogen-bond donors (Lipinski definition) is 2. The van der Waals surface area contributed by atoms with Gasteiger partial charge < -0.3 is 39.4 Å². The second-order valence-electron chi connectivity index (χ2n) is 10.1.